The largest absolute Gasteiger partial charge is 0.271 e. The second-order valence-corrected chi connectivity index (χ2v) is 4.75. The summed E-state index contributed by atoms with van der Waals surface area (Å²) in [5, 5.41) is 0. The van der Waals surface area contributed by atoms with Crippen LogP contribution in [0.2, 0.25) is 0 Å². The molecule has 0 aliphatic rings. The first kappa shape index (κ1) is 14.6. The van der Waals surface area contributed by atoms with Crippen LogP contribution in [0, 0.1) is 18.6 Å². The average molecular weight is 276 g/mol. The zero-order valence-electron chi connectivity index (χ0n) is 11.6. The van der Waals surface area contributed by atoms with Crippen molar-refractivity contribution in [1.29, 1.82) is 0 Å². The lowest BCUT2D eigenvalue weighted by atomic mass is 9.93. The third kappa shape index (κ3) is 2.57. The Kier molecular flexibility index (Phi) is 4.47. The lowest BCUT2D eigenvalue weighted by Gasteiger charge is -2.21. The van der Waals surface area contributed by atoms with E-state index in [-0.39, 0.29) is 11.1 Å². The summed E-state index contributed by atoms with van der Waals surface area (Å²) in [6.07, 6.45) is 0.796. The van der Waals surface area contributed by atoms with Crippen molar-refractivity contribution in [3.8, 4) is 0 Å². The highest BCUT2D eigenvalue weighted by molar-refractivity contribution is 5.39. The summed E-state index contributed by atoms with van der Waals surface area (Å²) in [6, 6.07) is 10.2. The van der Waals surface area contributed by atoms with Gasteiger partial charge >= 0.3 is 0 Å². The lowest BCUT2D eigenvalue weighted by Crippen LogP contribution is -2.30. The molecule has 106 valence electrons. The van der Waals surface area contributed by atoms with Gasteiger partial charge in [-0.05, 0) is 30.0 Å². The Balaban J connectivity index is 2.56. The minimum atomic E-state index is -0.848. The van der Waals surface area contributed by atoms with Crippen LogP contribution in [-0.2, 0) is 6.42 Å². The molecular formula is C16H18F2N2. The summed E-state index contributed by atoms with van der Waals surface area (Å²) in [4.78, 5) is 0. The van der Waals surface area contributed by atoms with E-state index in [1.165, 1.54) is 6.92 Å². The molecule has 0 radical (unpaired) electrons. The number of halogens is 2. The smallest absolute Gasteiger partial charge is 0.164 e. The van der Waals surface area contributed by atoms with Crippen molar-refractivity contribution in [2.75, 3.05) is 0 Å². The molecule has 2 rings (SSSR count). The molecule has 0 aliphatic heterocycles. The molecule has 0 saturated heterocycles. The molecule has 0 fully saturated rings. The highest BCUT2D eigenvalue weighted by Gasteiger charge is 2.21. The summed E-state index contributed by atoms with van der Waals surface area (Å²) in [5.41, 5.74) is 5.00. The maximum absolute atomic E-state index is 14.2. The Hall–Kier alpha value is -1.78. The van der Waals surface area contributed by atoms with Gasteiger partial charge in [-0.3, -0.25) is 5.84 Å². The number of rotatable bonds is 4. The number of nitrogens with one attached hydrogen (secondary N) is 1. The van der Waals surface area contributed by atoms with E-state index >= 15 is 0 Å². The molecule has 1 atom stereocenters. The fourth-order valence-corrected chi connectivity index (χ4v) is 2.37. The second-order valence-electron chi connectivity index (χ2n) is 4.75. The van der Waals surface area contributed by atoms with E-state index in [1.54, 1.807) is 12.1 Å². The fourth-order valence-electron chi connectivity index (χ4n) is 2.37. The van der Waals surface area contributed by atoms with Crippen LogP contribution in [0.3, 0.4) is 0 Å². The normalized spacial score (nSPS) is 12.4. The van der Waals surface area contributed by atoms with E-state index in [9.17, 15) is 8.78 Å². The quantitative estimate of drug-likeness (QED) is 0.663. The van der Waals surface area contributed by atoms with Gasteiger partial charge in [0.25, 0.3) is 0 Å². The minimum absolute atomic E-state index is 0.219. The molecule has 0 amide bonds. The monoisotopic (exact) mass is 276 g/mol. The summed E-state index contributed by atoms with van der Waals surface area (Å²) < 4.78 is 27.9. The molecule has 0 aromatic heterocycles. The molecule has 4 heteroatoms. The second kappa shape index (κ2) is 6.11. The van der Waals surface area contributed by atoms with Crippen LogP contribution in [0.15, 0.2) is 36.4 Å². The molecule has 20 heavy (non-hydrogen) atoms. The highest BCUT2D eigenvalue weighted by atomic mass is 19.2. The van der Waals surface area contributed by atoms with E-state index in [1.807, 2.05) is 31.2 Å². The number of aryl methyl sites for hydroxylation is 2. The molecule has 2 aromatic carbocycles. The summed E-state index contributed by atoms with van der Waals surface area (Å²) >= 11 is 0. The SMILES string of the molecule is CCc1ccccc1C(NN)c1ccc(C)c(F)c1F. The summed E-state index contributed by atoms with van der Waals surface area (Å²) in [7, 11) is 0. The van der Waals surface area contributed by atoms with Gasteiger partial charge in [0.2, 0.25) is 0 Å². The van der Waals surface area contributed by atoms with E-state index < -0.39 is 17.7 Å². The number of hydrogen-bond donors (Lipinski definition) is 2. The molecule has 0 saturated carbocycles. The first-order valence-electron chi connectivity index (χ1n) is 6.58. The van der Waals surface area contributed by atoms with Gasteiger partial charge < -0.3 is 0 Å². The zero-order valence-corrected chi connectivity index (χ0v) is 11.6. The molecule has 1 unspecified atom stereocenters. The van der Waals surface area contributed by atoms with Gasteiger partial charge in [0.05, 0.1) is 6.04 Å². The van der Waals surface area contributed by atoms with Gasteiger partial charge in [0.1, 0.15) is 0 Å². The van der Waals surface area contributed by atoms with Crippen molar-refractivity contribution in [3.63, 3.8) is 0 Å². The molecule has 2 aromatic rings. The van der Waals surface area contributed by atoms with Crippen molar-refractivity contribution in [3.05, 3.63) is 70.3 Å². The molecule has 0 aliphatic carbocycles. The van der Waals surface area contributed by atoms with Gasteiger partial charge in [-0.1, -0.05) is 43.3 Å². The van der Waals surface area contributed by atoms with Crippen LogP contribution in [0.5, 0.6) is 0 Å². The number of benzene rings is 2. The van der Waals surface area contributed by atoms with E-state index in [0.29, 0.717) is 0 Å². The Morgan fingerprint density at radius 1 is 1.05 bits per heavy atom. The van der Waals surface area contributed by atoms with Crippen molar-refractivity contribution in [2.45, 2.75) is 26.3 Å². The third-order valence-corrected chi connectivity index (χ3v) is 3.53. The Bertz CT molecular complexity index is 611. The van der Waals surface area contributed by atoms with Gasteiger partial charge in [-0.2, -0.15) is 0 Å². The van der Waals surface area contributed by atoms with Crippen molar-refractivity contribution < 1.29 is 8.78 Å². The number of hydrogen-bond acceptors (Lipinski definition) is 2. The van der Waals surface area contributed by atoms with Gasteiger partial charge in [-0.15, -0.1) is 0 Å². The Labute approximate surface area is 117 Å². The van der Waals surface area contributed by atoms with E-state index in [4.69, 9.17) is 5.84 Å². The number of nitrogens with two attached hydrogens (primary N) is 1. The summed E-state index contributed by atoms with van der Waals surface area (Å²) in [5.74, 6) is 3.91. The maximum Gasteiger partial charge on any atom is 0.164 e. The minimum Gasteiger partial charge on any atom is -0.271 e. The van der Waals surface area contributed by atoms with Gasteiger partial charge in [-0.25, -0.2) is 14.2 Å². The number of hydrazine groups is 1. The molecule has 3 N–H and O–H groups in total. The van der Waals surface area contributed by atoms with Crippen LogP contribution >= 0.6 is 0 Å². The van der Waals surface area contributed by atoms with Crippen LogP contribution < -0.4 is 11.3 Å². The predicted molar refractivity (Wildman–Crippen MR) is 76.1 cm³/mol. The molecule has 2 nitrogen and oxygen atoms in total. The first-order valence-corrected chi connectivity index (χ1v) is 6.58. The zero-order chi connectivity index (χ0) is 14.7. The van der Waals surface area contributed by atoms with Gasteiger partial charge in [0, 0.05) is 5.56 Å². The van der Waals surface area contributed by atoms with Gasteiger partial charge in [0.15, 0.2) is 11.6 Å². The van der Waals surface area contributed by atoms with Crippen LogP contribution in [0.4, 0.5) is 8.78 Å². The van der Waals surface area contributed by atoms with Crippen LogP contribution in [0.1, 0.15) is 35.2 Å². The Morgan fingerprint density at radius 2 is 1.75 bits per heavy atom. The lowest BCUT2D eigenvalue weighted by molar-refractivity contribution is 0.478. The van der Waals surface area contributed by atoms with Crippen LogP contribution in [-0.4, -0.2) is 0 Å². The predicted octanol–water partition coefficient (Wildman–Crippen LogP) is 3.39. The van der Waals surface area contributed by atoms with E-state index in [2.05, 4.69) is 5.43 Å². The van der Waals surface area contributed by atoms with E-state index in [0.717, 1.165) is 17.5 Å². The van der Waals surface area contributed by atoms with Crippen molar-refractivity contribution >= 4 is 0 Å². The topological polar surface area (TPSA) is 38.0 Å². The maximum atomic E-state index is 14.2. The third-order valence-electron chi connectivity index (χ3n) is 3.53. The molecule has 0 heterocycles. The molecule has 0 spiro atoms. The fraction of sp³-hybridized carbons (Fsp3) is 0.250. The average Bonchev–Trinajstić information content (AvgIpc) is 2.48. The summed E-state index contributed by atoms with van der Waals surface area (Å²) in [6.45, 7) is 3.55. The first-order chi connectivity index (χ1) is 9.60. The molecular weight excluding hydrogens is 258 g/mol. The van der Waals surface area contributed by atoms with Crippen molar-refractivity contribution in [2.24, 2.45) is 5.84 Å². The standard InChI is InChI=1S/C16H18F2N2/c1-3-11-6-4-5-7-12(11)16(20-19)13-9-8-10(2)14(17)15(13)18/h4-9,16,20H,3,19H2,1-2H3. The van der Waals surface area contributed by atoms with Crippen LogP contribution in [0.25, 0.3) is 0 Å². The Morgan fingerprint density at radius 3 is 2.40 bits per heavy atom. The highest BCUT2D eigenvalue weighted by Crippen LogP contribution is 2.28. The molecule has 0 bridgehead atoms. The van der Waals surface area contributed by atoms with Crippen molar-refractivity contribution in [1.82, 2.24) is 5.43 Å².